The average Bonchev–Trinajstić information content (AvgIpc) is 2.67. The molecule has 28 heavy (non-hydrogen) atoms. The lowest BCUT2D eigenvalue weighted by molar-refractivity contribution is -0.120. The minimum absolute atomic E-state index is 0. The standard InChI is InChI=1S/C21H30ClN3O2.ClH/c1-25(17-8-3-2-4-9-17)21(27)18-11-10-16(13-19(18)22)24-20(26)14-6-5-7-15(23)12-14;/h10-11,13-15,17H,2-9,12,23H2,1H3,(H,24,26);1H. The lowest BCUT2D eigenvalue weighted by atomic mass is 9.85. The third-order valence-electron chi connectivity index (χ3n) is 6.00. The zero-order chi connectivity index (χ0) is 19.4. The van der Waals surface area contributed by atoms with Crippen LogP contribution in [0.4, 0.5) is 5.69 Å². The number of halogens is 2. The molecule has 0 radical (unpaired) electrons. The van der Waals surface area contributed by atoms with Gasteiger partial charge in [0.15, 0.2) is 0 Å². The van der Waals surface area contributed by atoms with Crippen LogP contribution in [0.15, 0.2) is 18.2 Å². The highest BCUT2D eigenvalue weighted by Crippen LogP contribution is 2.28. The van der Waals surface area contributed by atoms with E-state index in [-0.39, 0.29) is 42.2 Å². The SMILES string of the molecule is CN(C(=O)c1ccc(NC(=O)C2CCCC(N)C2)cc1Cl)C1CCCCC1.Cl. The van der Waals surface area contributed by atoms with Gasteiger partial charge in [-0.3, -0.25) is 9.59 Å². The van der Waals surface area contributed by atoms with Crippen molar-refractivity contribution in [3.05, 3.63) is 28.8 Å². The maximum atomic E-state index is 12.8. The summed E-state index contributed by atoms with van der Waals surface area (Å²) in [5.41, 5.74) is 7.09. The molecule has 5 nitrogen and oxygen atoms in total. The molecule has 0 bridgehead atoms. The Morgan fingerprint density at radius 2 is 1.82 bits per heavy atom. The molecule has 0 saturated heterocycles. The summed E-state index contributed by atoms with van der Waals surface area (Å²) in [7, 11) is 1.86. The maximum absolute atomic E-state index is 12.8. The second-order valence-corrected chi connectivity index (χ2v) is 8.42. The lowest BCUT2D eigenvalue weighted by Crippen LogP contribution is -2.38. The highest BCUT2D eigenvalue weighted by molar-refractivity contribution is 6.34. The first kappa shape index (κ1) is 23.0. The van der Waals surface area contributed by atoms with E-state index in [2.05, 4.69) is 5.32 Å². The molecule has 1 aromatic rings. The highest BCUT2D eigenvalue weighted by atomic mass is 35.5. The van der Waals surface area contributed by atoms with Gasteiger partial charge in [-0.25, -0.2) is 0 Å². The van der Waals surface area contributed by atoms with E-state index in [0.717, 1.165) is 38.5 Å². The number of nitrogens with two attached hydrogens (primary N) is 1. The van der Waals surface area contributed by atoms with E-state index in [1.54, 1.807) is 18.2 Å². The fraction of sp³-hybridized carbons (Fsp3) is 0.619. The Kier molecular flexibility index (Phi) is 8.59. The zero-order valence-corrected chi connectivity index (χ0v) is 18.0. The molecule has 2 aliphatic carbocycles. The van der Waals surface area contributed by atoms with Gasteiger partial charge in [0.1, 0.15) is 0 Å². The van der Waals surface area contributed by atoms with E-state index in [1.807, 2.05) is 11.9 Å². The van der Waals surface area contributed by atoms with Crippen molar-refractivity contribution in [2.75, 3.05) is 12.4 Å². The molecule has 2 aliphatic rings. The minimum Gasteiger partial charge on any atom is -0.339 e. The normalized spacial score (nSPS) is 22.8. The van der Waals surface area contributed by atoms with Gasteiger partial charge >= 0.3 is 0 Å². The second kappa shape index (κ2) is 10.5. The number of carbonyl (C=O) groups excluding carboxylic acids is 2. The molecule has 0 aliphatic heterocycles. The number of amides is 2. The molecule has 7 heteroatoms. The van der Waals surface area contributed by atoms with Crippen LogP contribution in [-0.2, 0) is 4.79 Å². The second-order valence-electron chi connectivity index (χ2n) is 8.02. The maximum Gasteiger partial charge on any atom is 0.255 e. The molecule has 2 amide bonds. The number of anilines is 1. The molecule has 3 N–H and O–H groups in total. The van der Waals surface area contributed by atoms with Crippen LogP contribution in [0.25, 0.3) is 0 Å². The third kappa shape index (κ3) is 5.62. The fourth-order valence-electron chi connectivity index (χ4n) is 4.30. The Bertz CT molecular complexity index is 692. The molecule has 156 valence electrons. The van der Waals surface area contributed by atoms with Crippen LogP contribution in [-0.4, -0.2) is 35.8 Å². The largest absolute Gasteiger partial charge is 0.339 e. The van der Waals surface area contributed by atoms with E-state index in [4.69, 9.17) is 17.3 Å². The molecule has 3 rings (SSSR count). The van der Waals surface area contributed by atoms with Crippen molar-refractivity contribution in [2.24, 2.45) is 11.7 Å². The Balaban J connectivity index is 0.00000280. The van der Waals surface area contributed by atoms with Crippen molar-refractivity contribution in [3.63, 3.8) is 0 Å². The van der Waals surface area contributed by atoms with Gasteiger partial charge < -0.3 is 16.0 Å². The first-order valence-electron chi connectivity index (χ1n) is 10.1. The molecule has 0 heterocycles. The van der Waals surface area contributed by atoms with Crippen LogP contribution in [0.5, 0.6) is 0 Å². The fourth-order valence-corrected chi connectivity index (χ4v) is 4.56. The predicted molar refractivity (Wildman–Crippen MR) is 116 cm³/mol. The summed E-state index contributed by atoms with van der Waals surface area (Å²) in [6.45, 7) is 0. The van der Waals surface area contributed by atoms with Crippen molar-refractivity contribution < 1.29 is 9.59 Å². The molecule has 2 atom stereocenters. The monoisotopic (exact) mass is 427 g/mol. The van der Waals surface area contributed by atoms with Crippen LogP contribution >= 0.6 is 24.0 Å². The predicted octanol–water partition coefficient (Wildman–Crippen LogP) is 4.62. The molecular formula is C21H31Cl2N3O2. The minimum atomic E-state index is -0.0527. The van der Waals surface area contributed by atoms with Crippen molar-refractivity contribution in [3.8, 4) is 0 Å². The van der Waals surface area contributed by atoms with Gasteiger partial charge in [-0.2, -0.15) is 0 Å². The Morgan fingerprint density at radius 3 is 2.46 bits per heavy atom. The topological polar surface area (TPSA) is 75.4 Å². The van der Waals surface area contributed by atoms with Crippen LogP contribution in [0, 0.1) is 5.92 Å². The van der Waals surface area contributed by atoms with E-state index in [9.17, 15) is 9.59 Å². The molecule has 0 spiro atoms. The summed E-state index contributed by atoms with van der Waals surface area (Å²) in [4.78, 5) is 27.1. The number of hydrogen-bond donors (Lipinski definition) is 2. The van der Waals surface area contributed by atoms with Gasteiger partial charge in [-0.1, -0.05) is 37.3 Å². The van der Waals surface area contributed by atoms with Crippen LogP contribution in [0.3, 0.4) is 0 Å². The molecule has 2 unspecified atom stereocenters. The van der Waals surface area contributed by atoms with Crippen molar-refractivity contribution >= 4 is 41.5 Å². The lowest BCUT2D eigenvalue weighted by Gasteiger charge is -2.31. The van der Waals surface area contributed by atoms with Gasteiger partial charge in [0.25, 0.3) is 5.91 Å². The molecule has 2 saturated carbocycles. The number of nitrogens with zero attached hydrogens (tertiary/aromatic N) is 1. The number of hydrogen-bond acceptors (Lipinski definition) is 3. The van der Waals surface area contributed by atoms with Gasteiger partial charge in [-0.15, -0.1) is 12.4 Å². The Morgan fingerprint density at radius 1 is 1.11 bits per heavy atom. The molecular weight excluding hydrogens is 397 g/mol. The first-order chi connectivity index (χ1) is 13.0. The van der Waals surface area contributed by atoms with Crippen molar-refractivity contribution in [1.82, 2.24) is 4.90 Å². The van der Waals surface area contributed by atoms with E-state index < -0.39 is 0 Å². The summed E-state index contributed by atoms with van der Waals surface area (Å²) < 4.78 is 0. The Labute approximate surface area is 178 Å². The summed E-state index contributed by atoms with van der Waals surface area (Å²) in [5.74, 6) is -0.117. The van der Waals surface area contributed by atoms with Crippen LogP contribution in [0.1, 0.15) is 68.1 Å². The summed E-state index contributed by atoms with van der Waals surface area (Å²) in [6.07, 6.45) is 9.27. The van der Waals surface area contributed by atoms with E-state index >= 15 is 0 Å². The van der Waals surface area contributed by atoms with Gasteiger partial charge in [0.2, 0.25) is 5.91 Å². The number of nitrogens with one attached hydrogen (secondary N) is 1. The third-order valence-corrected chi connectivity index (χ3v) is 6.31. The summed E-state index contributed by atoms with van der Waals surface area (Å²) in [6, 6.07) is 5.54. The smallest absolute Gasteiger partial charge is 0.255 e. The average molecular weight is 428 g/mol. The van der Waals surface area contributed by atoms with Gasteiger partial charge in [0.05, 0.1) is 10.6 Å². The quantitative estimate of drug-likeness (QED) is 0.735. The zero-order valence-electron chi connectivity index (χ0n) is 16.5. The van der Waals surface area contributed by atoms with Crippen LogP contribution < -0.4 is 11.1 Å². The van der Waals surface area contributed by atoms with Crippen LogP contribution in [0.2, 0.25) is 5.02 Å². The Hall–Kier alpha value is -1.30. The van der Waals surface area contributed by atoms with Crippen molar-refractivity contribution in [1.29, 1.82) is 0 Å². The van der Waals surface area contributed by atoms with E-state index in [0.29, 0.717) is 16.3 Å². The number of benzene rings is 1. The molecule has 2 fully saturated rings. The molecule has 0 aromatic heterocycles. The number of rotatable bonds is 4. The van der Waals surface area contributed by atoms with Gasteiger partial charge in [-0.05, 0) is 50.3 Å². The highest BCUT2D eigenvalue weighted by Gasteiger charge is 2.27. The first-order valence-corrected chi connectivity index (χ1v) is 10.5. The van der Waals surface area contributed by atoms with E-state index in [1.165, 1.54) is 19.3 Å². The number of carbonyl (C=O) groups is 2. The van der Waals surface area contributed by atoms with Gasteiger partial charge in [0, 0.05) is 30.7 Å². The summed E-state index contributed by atoms with van der Waals surface area (Å²) >= 11 is 6.38. The van der Waals surface area contributed by atoms with Crippen molar-refractivity contribution in [2.45, 2.75) is 69.9 Å². The molecule has 1 aromatic carbocycles. The summed E-state index contributed by atoms with van der Waals surface area (Å²) in [5, 5.41) is 3.30.